The predicted octanol–water partition coefficient (Wildman–Crippen LogP) is 2.52. The van der Waals surface area contributed by atoms with E-state index in [2.05, 4.69) is 39.1 Å². The van der Waals surface area contributed by atoms with E-state index in [-0.39, 0.29) is 5.91 Å². The molecule has 86 valence electrons. The van der Waals surface area contributed by atoms with E-state index in [1.54, 1.807) is 0 Å². The Balaban J connectivity index is 2.45. The highest BCUT2D eigenvalue weighted by atomic mass is 16.1. The molecule has 0 saturated carbocycles. The maximum absolute atomic E-state index is 11.3. The highest BCUT2D eigenvalue weighted by Crippen LogP contribution is 2.30. The maximum atomic E-state index is 11.3. The lowest BCUT2D eigenvalue weighted by Crippen LogP contribution is -2.14. The smallest absolute Gasteiger partial charge is 0.220 e. The largest absolute Gasteiger partial charge is 0.355 e. The molecule has 2 heteroatoms. The summed E-state index contributed by atoms with van der Waals surface area (Å²) in [5.74, 6) is 0.547. The van der Waals surface area contributed by atoms with Gasteiger partial charge < -0.3 is 5.32 Å². The molecule has 1 atom stereocenters. The highest BCUT2D eigenvalue weighted by Gasteiger charge is 2.25. The van der Waals surface area contributed by atoms with Gasteiger partial charge in [-0.2, -0.15) is 0 Å². The van der Waals surface area contributed by atoms with Crippen molar-refractivity contribution in [2.75, 3.05) is 6.54 Å². The van der Waals surface area contributed by atoms with Crippen LogP contribution in [0.5, 0.6) is 0 Å². The van der Waals surface area contributed by atoms with Crippen molar-refractivity contribution in [3.8, 4) is 0 Å². The lowest BCUT2D eigenvalue weighted by Gasteiger charge is -2.17. The van der Waals surface area contributed by atoms with Gasteiger partial charge in [0.1, 0.15) is 0 Å². The molecule has 1 saturated heterocycles. The van der Waals surface area contributed by atoms with Crippen molar-refractivity contribution in [2.24, 2.45) is 0 Å². The van der Waals surface area contributed by atoms with Gasteiger partial charge in [0.15, 0.2) is 0 Å². The van der Waals surface area contributed by atoms with Gasteiger partial charge in [-0.1, -0.05) is 6.07 Å². The summed E-state index contributed by atoms with van der Waals surface area (Å²) < 4.78 is 0. The standard InChI is InChI=1S/C14H19NO/c1-8-5-13(11(4)10(3)9(8)2)12-6-14(16)15-7-12/h5,12H,6-7H2,1-4H3,(H,15,16). The van der Waals surface area contributed by atoms with Gasteiger partial charge in [-0.15, -0.1) is 0 Å². The van der Waals surface area contributed by atoms with Crippen LogP contribution < -0.4 is 5.32 Å². The SMILES string of the molecule is Cc1cc(C2CNC(=O)C2)c(C)c(C)c1C. The number of benzene rings is 1. The molecule has 1 aliphatic heterocycles. The molecule has 16 heavy (non-hydrogen) atoms. The van der Waals surface area contributed by atoms with E-state index in [9.17, 15) is 4.79 Å². The summed E-state index contributed by atoms with van der Waals surface area (Å²) in [7, 11) is 0. The zero-order valence-corrected chi connectivity index (χ0v) is 10.5. The molecule has 0 bridgehead atoms. The van der Waals surface area contributed by atoms with Gasteiger partial charge in [-0.05, 0) is 55.5 Å². The zero-order chi connectivity index (χ0) is 11.9. The molecular formula is C14H19NO. The number of hydrogen-bond donors (Lipinski definition) is 1. The summed E-state index contributed by atoms with van der Waals surface area (Å²) in [5.41, 5.74) is 6.77. The topological polar surface area (TPSA) is 29.1 Å². The fourth-order valence-electron chi connectivity index (χ4n) is 2.49. The molecule has 1 heterocycles. The molecule has 1 aromatic carbocycles. The summed E-state index contributed by atoms with van der Waals surface area (Å²) in [6, 6.07) is 2.25. The number of carbonyl (C=O) groups is 1. The Bertz CT molecular complexity index is 449. The number of amides is 1. The van der Waals surface area contributed by atoms with Crippen LogP contribution >= 0.6 is 0 Å². The van der Waals surface area contributed by atoms with Gasteiger partial charge in [0.2, 0.25) is 5.91 Å². The van der Waals surface area contributed by atoms with Crippen molar-refractivity contribution in [1.29, 1.82) is 0 Å². The molecule has 1 amide bonds. The van der Waals surface area contributed by atoms with E-state index in [1.165, 1.54) is 27.8 Å². The zero-order valence-electron chi connectivity index (χ0n) is 10.5. The number of nitrogens with one attached hydrogen (secondary N) is 1. The van der Waals surface area contributed by atoms with Gasteiger partial charge in [-0.25, -0.2) is 0 Å². The molecule has 0 aliphatic carbocycles. The maximum Gasteiger partial charge on any atom is 0.220 e. The fraction of sp³-hybridized carbons (Fsp3) is 0.500. The van der Waals surface area contributed by atoms with Crippen LogP contribution in [0, 0.1) is 27.7 Å². The summed E-state index contributed by atoms with van der Waals surface area (Å²) >= 11 is 0. The molecule has 1 aliphatic rings. The van der Waals surface area contributed by atoms with Crippen LogP contribution in [0.15, 0.2) is 6.07 Å². The molecule has 1 aromatic rings. The third kappa shape index (κ3) is 1.73. The first-order valence-electron chi connectivity index (χ1n) is 5.84. The van der Waals surface area contributed by atoms with Crippen molar-refractivity contribution < 1.29 is 4.79 Å². The van der Waals surface area contributed by atoms with Crippen LogP contribution in [-0.4, -0.2) is 12.5 Å². The van der Waals surface area contributed by atoms with Crippen LogP contribution in [0.2, 0.25) is 0 Å². The first kappa shape index (κ1) is 11.2. The Kier molecular flexibility index (Phi) is 2.75. The lowest BCUT2D eigenvalue weighted by molar-refractivity contribution is -0.119. The monoisotopic (exact) mass is 217 g/mol. The number of rotatable bonds is 1. The molecular weight excluding hydrogens is 198 g/mol. The molecule has 1 fully saturated rings. The van der Waals surface area contributed by atoms with E-state index in [4.69, 9.17) is 0 Å². The molecule has 0 aromatic heterocycles. The summed E-state index contributed by atoms with van der Waals surface area (Å²) in [5, 5.41) is 2.91. The second-order valence-corrected chi connectivity index (χ2v) is 4.86. The van der Waals surface area contributed by atoms with E-state index in [0.717, 1.165) is 6.54 Å². The van der Waals surface area contributed by atoms with Crippen molar-refractivity contribution in [3.05, 3.63) is 33.9 Å². The number of carbonyl (C=O) groups excluding carboxylic acids is 1. The second-order valence-electron chi connectivity index (χ2n) is 4.86. The minimum atomic E-state index is 0.181. The van der Waals surface area contributed by atoms with E-state index >= 15 is 0 Å². The Labute approximate surface area is 97.1 Å². The van der Waals surface area contributed by atoms with E-state index in [0.29, 0.717) is 12.3 Å². The molecule has 1 N–H and O–H groups in total. The van der Waals surface area contributed by atoms with Crippen molar-refractivity contribution in [3.63, 3.8) is 0 Å². The van der Waals surface area contributed by atoms with Gasteiger partial charge in [0, 0.05) is 18.9 Å². The highest BCUT2D eigenvalue weighted by molar-refractivity contribution is 5.79. The van der Waals surface area contributed by atoms with E-state index < -0.39 is 0 Å². The first-order chi connectivity index (χ1) is 7.50. The van der Waals surface area contributed by atoms with Crippen LogP contribution in [-0.2, 0) is 4.79 Å². The summed E-state index contributed by atoms with van der Waals surface area (Å²) in [4.78, 5) is 11.3. The second kappa shape index (κ2) is 3.93. The molecule has 1 unspecified atom stereocenters. The normalized spacial score (nSPS) is 20.0. The molecule has 0 spiro atoms. The number of hydrogen-bond acceptors (Lipinski definition) is 1. The Morgan fingerprint density at radius 2 is 1.81 bits per heavy atom. The van der Waals surface area contributed by atoms with Crippen LogP contribution in [0.4, 0.5) is 0 Å². The summed E-state index contributed by atoms with van der Waals surface area (Å²) in [6.45, 7) is 9.45. The Morgan fingerprint density at radius 3 is 2.38 bits per heavy atom. The molecule has 2 nitrogen and oxygen atoms in total. The van der Waals surface area contributed by atoms with Crippen LogP contribution in [0.25, 0.3) is 0 Å². The van der Waals surface area contributed by atoms with Gasteiger partial charge >= 0.3 is 0 Å². The average Bonchev–Trinajstić information content (AvgIpc) is 2.67. The van der Waals surface area contributed by atoms with Crippen molar-refractivity contribution in [2.45, 2.75) is 40.0 Å². The Hall–Kier alpha value is -1.31. The van der Waals surface area contributed by atoms with Gasteiger partial charge in [0.25, 0.3) is 0 Å². The van der Waals surface area contributed by atoms with Crippen LogP contribution in [0.1, 0.15) is 40.2 Å². The quantitative estimate of drug-likeness (QED) is 0.769. The predicted molar refractivity (Wildman–Crippen MR) is 65.8 cm³/mol. The van der Waals surface area contributed by atoms with Crippen molar-refractivity contribution in [1.82, 2.24) is 5.32 Å². The third-order valence-corrected chi connectivity index (χ3v) is 3.94. The van der Waals surface area contributed by atoms with Crippen molar-refractivity contribution >= 4 is 5.91 Å². The molecule has 2 rings (SSSR count). The lowest BCUT2D eigenvalue weighted by atomic mass is 9.87. The number of aryl methyl sites for hydroxylation is 1. The fourth-order valence-corrected chi connectivity index (χ4v) is 2.49. The average molecular weight is 217 g/mol. The molecule has 0 radical (unpaired) electrons. The van der Waals surface area contributed by atoms with Gasteiger partial charge in [0.05, 0.1) is 0 Å². The first-order valence-corrected chi connectivity index (χ1v) is 5.84. The van der Waals surface area contributed by atoms with E-state index in [1.807, 2.05) is 0 Å². The third-order valence-electron chi connectivity index (χ3n) is 3.94. The summed E-state index contributed by atoms with van der Waals surface area (Å²) in [6.07, 6.45) is 0.642. The van der Waals surface area contributed by atoms with Crippen LogP contribution in [0.3, 0.4) is 0 Å². The van der Waals surface area contributed by atoms with Gasteiger partial charge in [-0.3, -0.25) is 4.79 Å². The Morgan fingerprint density at radius 1 is 1.12 bits per heavy atom. The minimum Gasteiger partial charge on any atom is -0.355 e. The minimum absolute atomic E-state index is 0.181.